The van der Waals surface area contributed by atoms with E-state index >= 15 is 0 Å². The predicted octanol–water partition coefficient (Wildman–Crippen LogP) is 5.35. The Hall–Kier alpha value is -0.530. The SMILES string of the molecule is COC(=O)C1(C)CCCC2(C)C3CCC4(C)CCC3(CCC12)C4. The molecule has 4 aliphatic rings. The van der Waals surface area contributed by atoms with Gasteiger partial charge in [-0.3, -0.25) is 4.79 Å². The number of ether oxygens (including phenoxy) is 1. The van der Waals surface area contributed by atoms with Crippen molar-refractivity contribution in [3.63, 3.8) is 0 Å². The molecule has 0 saturated heterocycles. The van der Waals surface area contributed by atoms with Crippen molar-refractivity contribution in [2.24, 2.45) is 33.5 Å². The van der Waals surface area contributed by atoms with Crippen LogP contribution in [-0.2, 0) is 9.53 Å². The first kappa shape index (κ1) is 16.0. The Bertz CT molecular complexity index is 528. The Balaban J connectivity index is 1.72. The van der Waals surface area contributed by atoms with Gasteiger partial charge in [0.15, 0.2) is 0 Å². The summed E-state index contributed by atoms with van der Waals surface area (Å²) in [7, 11) is 1.58. The summed E-state index contributed by atoms with van der Waals surface area (Å²) in [4.78, 5) is 12.6. The van der Waals surface area contributed by atoms with Crippen molar-refractivity contribution >= 4 is 5.97 Å². The number of carbonyl (C=O) groups excluding carboxylic acids is 1. The summed E-state index contributed by atoms with van der Waals surface area (Å²) >= 11 is 0. The third kappa shape index (κ3) is 1.96. The average Bonchev–Trinajstić information content (AvgIpc) is 2.76. The van der Waals surface area contributed by atoms with Crippen LogP contribution < -0.4 is 0 Å². The van der Waals surface area contributed by atoms with Crippen molar-refractivity contribution in [3.05, 3.63) is 0 Å². The molecule has 4 saturated carbocycles. The number of carbonyl (C=O) groups is 1. The molecule has 0 radical (unpaired) electrons. The van der Waals surface area contributed by atoms with Crippen molar-refractivity contribution in [3.8, 4) is 0 Å². The van der Waals surface area contributed by atoms with Crippen LogP contribution in [0, 0.1) is 33.5 Å². The largest absolute Gasteiger partial charge is 0.469 e. The predicted molar refractivity (Wildman–Crippen MR) is 91.9 cm³/mol. The molecule has 2 nitrogen and oxygen atoms in total. The summed E-state index contributed by atoms with van der Waals surface area (Å²) < 4.78 is 5.26. The summed E-state index contributed by atoms with van der Waals surface area (Å²) in [6, 6.07) is 0. The topological polar surface area (TPSA) is 26.3 Å². The number of esters is 1. The van der Waals surface area contributed by atoms with Gasteiger partial charge in [-0.05, 0) is 92.8 Å². The highest BCUT2D eigenvalue weighted by molar-refractivity contribution is 5.77. The second-order valence-electron chi connectivity index (χ2n) is 10.3. The average molecular weight is 319 g/mol. The van der Waals surface area contributed by atoms with E-state index in [4.69, 9.17) is 4.74 Å². The lowest BCUT2D eigenvalue weighted by molar-refractivity contribution is -0.185. The van der Waals surface area contributed by atoms with Crippen LogP contribution in [0.2, 0.25) is 0 Å². The van der Waals surface area contributed by atoms with Crippen LogP contribution in [0.4, 0.5) is 0 Å². The number of fused-ring (bicyclic) bond motifs is 3. The van der Waals surface area contributed by atoms with Crippen molar-refractivity contribution in [2.45, 2.75) is 85.0 Å². The van der Waals surface area contributed by atoms with Gasteiger partial charge < -0.3 is 4.74 Å². The molecular weight excluding hydrogens is 284 g/mol. The maximum atomic E-state index is 12.6. The monoisotopic (exact) mass is 318 g/mol. The lowest BCUT2D eigenvalue weighted by Gasteiger charge is -2.64. The fraction of sp³-hybridized carbons (Fsp3) is 0.952. The maximum Gasteiger partial charge on any atom is 0.311 e. The molecule has 0 heterocycles. The van der Waals surface area contributed by atoms with Crippen LogP contribution in [0.5, 0.6) is 0 Å². The van der Waals surface area contributed by atoms with Gasteiger partial charge >= 0.3 is 5.97 Å². The molecular formula is C21H34O2. The van der Waals surface area contributed by atoms with Crippen molar-refractivity contribution in [1.29, 1.82) is 0 Å². The first-order valence-electron chi connectivity index (χ1n) is 9.87. The zero-order chi connectivity index (χ0) is 16.5. The third-order valence-corrected chi connectivity index (χ3v) is 9.14. The molecule has 1 spiro atoms. The normalized spacial score (nSPS) is 55.0. The van der Waals surface area contributed by atoms with Crippen LogP contribution in [0.3, 0.4) is 0 Å². The number of hydrogen-bond donors (Lipinski definition) is 0. The first-order valence-corrected chi connectivity index (χ1v) is 9.87. The van der Waals surface area contributed by atoms with Crippen LogP contribution >= 0.6 is 0 Å². The van der Waals surface area contributed by atoms with Gasteiger partial charge in [-0.25, -0.2) is 0 Å². The maximum absolute atomic E-state index is 12.6. The van der Waals surface area contributed by atoms with E-state index in [-0.39, 0.29) is 11.4 Å². The van der Waals surface area contributed by atoms with Gasteiger partial charge in [0.25, 0.3) is 0 Å². The van der Waals surface area contributed by atoms with E-state index < -0.39 is 0 Å². The van der Waals surface area contributed by atoms with E-state index in [1.807, 2.05) is 0 Å². The van der Waals surface area contributed by atoms with Gasteiger partial charge in [-0.1, -0.05) is 20.3 Å². The van der Waals surface area contributed by atoms with Gasteiger partial charge in [-0.2, -0.15) is 0 Å². The zero-order valence-electron chi connectivity index (χ0n) is 15.5. The van der Waals surface area contributed by atoms with E-state index in [9.17, 15) is 4.79 Å². The number of rotatable bonds is 1. The molecule has 23 heavy (non-hydrogen) atoms. The molecule has 4 fully saturated rings. The minimum atomic E-state index is -0.247. The molecule has 0 amide bonds. The smallest absolute Gasteiger partial charge is 0.311 e. The van der Waals surface area contributed by atoms with Crippen molar-refractivity contribution < 1.29 is 9.53 Å². The van der Waals surface area contributed by atoms with Crippen LogP contribution in [0.15, 0.2) is 0 Å². The molecule has 6 unspecified atom stereocenters. The zero-order valence-corrected chi connectivity index (χ0v) is 15.5. The summed E-state index contributed by atoms with van der Waals surface area (Å²) in [5.41, 5.74) is 1.33. The Labute approximate surface area is 141 Å². The summed E-state index contributed by atoms with van der Waals surface area (Å²) in [6.45, 7) is 7.29. The molecule has 0 aliphatic heterocycles. The highest BCUT2D eigenvalue weighted by Gasteiger charge is 2.66. The van der Waals surface area contributed by atoms with Gasteiger partial charge in [0, 0.05) is 0 Å². The molecule has 130 valence electrons. The summed E-state index contributed by atoms with van der Waals surface area (Å²) in [5.74, 6) is 1.42. The minimum absolute atomic E-state index is 0.0523. The first-order chi connectivity index (χ1) is 10.8. The highest BCUT2D eigenvalue weighted by Crippen LogP contribution is 2.73. The number of hydrogen-bond acceptors (Lipinski definition) is 2. The standard InChI is InChI=1S/C21H34O2/c1-18-10-6-16-19(2)8-5-9-20(3,17(22)23-4)15(19)7-11-21(16,14-18)13-12-18/h15-16H,5-14H2,1-4H3. The van der Waals surface area contributed by atoms with Gasteiger partial charge in [0.05, 0.1) is 12.5 Å². The van der Waals surface area contributed by atoms with Gasteiger partial charge in [0.2, 0.25) is 0 Å². The van der Waals surface area contributed by atoms with Crippen LogP contribution in [-0.4, -0.2) is 13.1 Å². The molecule has 4 rings (SSSR count). The highest BCUT2D eigenvalue weighted by atomic mass is 16.5. The second-order valence-corrected chi connectivity index (χ2v) is 10.3. The van der Waals surface area contributed by atoms with E-state index in [0.29, 0.717) is 22.2 Å². The van der Waals surface area contributed by atoms with Gasteiger partial charge in [-0.15, -0.1) is 0 Å². The van der Waals surface area contributed by atoms with Crippen LogP contribution in [0.25, 0.3) is 0 Å². The van der Waals surface area contributed by atoms with E-state index in [1.54, 1.807) is 7.11 Å². The Morgan fingerprint density at radius 2 is 1.65 bits per heavy atom. The fourth-order valence-electron chi connectivity index (χ4n) is 8.19. The quantitative estimate of drug-likeness (QED) is 0.609. The van der Waals surface area contributed by atoms with E-state index in [0.717, 1.165) is 12.3 Å². The van der Waals surface area contributed by atoms with E-state index in [2.05, 4.69) is 20.8 Å². The summed E-state index contributed by atoms with van der Waals surface area (Å²) in [5, 5.41) is 0. The Kier molecular flexibility index (Phi) is 3.30. The third-order valence-electron chi connectivity index (χ3n) is 9.14. The Morgan fingerprint density at radius 3 is 2.39 bits per heavy atom. The molecule has 0 aromatic heterocycles. The Morgan fingerprint density at radius 1 is 0.913 bits per heavy atom. The molecule has 6 atom stereocenters. The minimum Gasteiger partial charge on any atom is -0.469 e. The number of methoxy groups -OCH3 is 1. The fourth-order valence-corrected chi connectivity index (χ4v) is 8.19. The molecule has 2 bridgehead atoms. The molecule has 0 aromatic carbocycles. The molecule has 2 heteroatoms. The van der Waals surface area contributed by atoms with Gasteiger partial charge in [0.1, 0.15) is 0 Å². The van der Waals surface area contributed by atoms with Crippen LogP contribution in [0.1, 0.15) is 85.0 Å². The lowest BCUT2D eigenvalue weighted by Crippen LogP contribution is -2.58. The second kappa shape index (κ2) is 4.76. The summed E-state index contributed by atoms with van der Waals surface area (Å²) in [6.07, 6.45) is 13.3. The lowest BCUT2D eigenvalue weighted by atomic mass is 9.40. The molecule has 0 aromatic rings. The van der Waals surface area contributed by atoms with Crippen molar-refractivity contribution in [2.75, 3.05) is 7.11 Å². The molecule has 0 N–H and O–H groups in total. The molecule has 4 aliphatic carbocycles. The van der Waals surface area contributed by atoms with Crippen molar-refractivity contribution in [1.82, 2.24) is 0 Å². The van der Waals surface area contributed by atoms with E-state index in [1.165, 1.54) is 57.8 Å².